The van der Waals surface area contributed by atoms with Crippen LogP contribution in [0.15, 0.2) is 55.1 Å². The van der Waals surface area contributed by atoms with E-state index in [9.17, 15) is 0 Å². The zero-order valence-corrected chi connectivity index (χ0v) is 14.0. The van der Waals surface area contributed by atoms with Crippen molar-refractivity contribution >= 4 is 46.2 Å². The largest absolute Gasteiger partial charge is 0.357 e. The van der Waals surface area contributed by atoms with E-state index in [1.807, 2.05) is 36.4 Å². The summed E-state index contributed by atoms with van der Waals surface area (Å²) in [7, 11) is 0. The van der Waals surface area contributed by atoms with E-state index in [0.29, 0.717) is 27.4 Å². The van der Waals surface area contributed by atoms with E-state index in [0.717, 1.165) is 11.1 Å². The lowest BCUT2D eigenvalue weighted by molar-refractivity contribution is 0.789. The maximum absolute atomic E-state index is 5.98. The first-order chi connectivity index (χ1) is 10.6. The summed E-state index contributed by atoms with van der Waals surface area (Å²) in [5.74, 6) is 0. The number of hydrogen-bond acceptors (Lipinski definition) is 2. The predicted molar refractivity (Wildman–Crippen MR) is 97.6 cm³/mol. The highest BCUT2D eigenvalue weighted by Crippen LogP contribution is 2.24. The topological polar surface area (TPSA) is 36.1 Å². The zero-order valence-electron chi connectivity index (χ0n) is 11.7. The third-order valence-electron chi connectivity index (χ3n) is 2.89. The van der Waals surface area contributed by atoms with Gasteiger partial charge < -0.3 is 5.32 Å². The van der Waals surface area contributed by atoms with E-state index >= 15 is 0 Å². The van der Waals surface area contributed by atoms with Gasteiger partial charge in [0.1, 0.15) is 0 Å². The molecule has 0 fully saturated rings. The monoisotopic (exact) mass is 351 g/mol. The van der Waals surface area contributed by atoms with Gasteiger partial charge in [-0.15, -0.1) is 0 Å². The minimum atomic E-state index is 0.477. The van der Waals surface area contributed by atoms with Crippen LogP contribution < -0.4 is 16.2 Å². The molecule has 0 saturated heterocycles. The molecule has 0 saturated carbocycles. The van der Waals surface area contributed by atoms with Gasteiger partial charge in [0.25, 0.3) is 0 Å². The van der Waals surface area contributed by atoms with Crippen molar-refractivity contribution in [3.63, 3.8) is 0 Å². The molecule has 0 aliphatic heterocycles. The van der Waals surface area contributed by atoms with E-state index in [-0.39, 0.29) is 0 Å². The quantitative estimate of drug-likeness (QED) is 0.559. The molecule has 0 unspecified atom stereocenters. The SMILES string of the molecule is C=C(NNC(=S)NCc1ccccc1)c1ccc(Cl)c(Cl)c1. The first kappa shape index (κ1) is 16.6. The van der Waals surface area contributed by atoms with Crippen LogP contribution in [0.3, 0.4) is 0 Å². The highest BCUT2D eigenvalue weighted by molar-refractivity contribution is 7.80. The molecule has 0 aliphatic carbocycles. The van der Waals surface area contributed by atoms with Crippen LogP contribution >= 0.6 is 35.4 Å². The normalized spacial score (nSPS) is 9.91. The Bertz CT molecular complexity index is 674. The number of rotatable bonds is 5. The van der Waals surface area contributed by atoms with Crippen LogP contribution in [0.5, 0.6) is 0 Å². The Morgan fingerprint density at radius 3 is 2.41 bits per heavy atom. The molecular weight excluding hydrogens is 337 g/mol. The second-order valence-corrected chi connectivity index (χ2v) is 5.75. The van der Waals surface area contributed by atoms with Crippen LogP contribution in [-0.4, -0.2) is 5.11 Å². The number of halogens is 2. The fraction of sp³-hybridized carbons (Fsp3) is 0.0625. The number of hydrazine groups is 1. The van der Waals surface area contributed by atoms with Crippen LogP contribution in [0.25, 0.3) is 5.70 Å². The van der Waals surface area contributed by atoms with E-state index in [1.54, 1.807) is 12.1 Å². The van der Waals surface area contributed by atoms with Gasteiger partial charge in [-0.1, -0.05) is 66.2 Å². The molecule has 22 heavy (non-hydrogen) atoms. The van der Waals surface area contributed by atoms with Gasteiger partial charge in [0.15, 0.2) is 5.11 Å². The van der Waals surface area contributed by atoms with Crippen LogP contribution in [-0.2, 0) is 6.54 Å². The smallest absolute Gasteiger partial charge is 0.185 e. The van der Waals surface area contributed by atoms with Gasteiger partial charge in [0.05, 0.1) is 15.7 Å². The van der Waals surface area contributed by atoms with Crippen molar-refractivity contribution in [2.24, 2.45) is 0 Å². The minimum absolute atomic E-state index is 0.477. The number of benzene rings is 2. The Hall–Kier alpha value is -1.75. The maximum Gasteiger partial charge on any atom is 0.185 e. The van der Waals surface area contributed by atoms with Crippen molar-refractivity contribution in [3.05, 3.63) is 76.3 Å². The Kier molecular flexibility index (Phi) is 6.07. The summed E-state index contributed by atoms with van der Waals surface area (Å²) in [4.78, 5) is 0. The number of nitrogens with one attached hydrogen (secondary N) is 3. The molecule has 6 heteroatoms. The molecule has 0 bridgehead atoms. The van der Waals surface area contributed by atoms with Gasteiger partial charge in [-0.25, -0.2) is 0 Å². The standard InChI is InChI=1S/C16H15Cl2N3S/c1-11(13-7-8-14(17)15(18)9-13)20-21-16(22)19-10-12-5-3-2-4-6-12/h2-9,20H,1,10H2,(H2,19,21,22). The summed E-state index contributed by atoms with van der Waals surface area (Å²) in [6.45, 7) is 4.57. The lowest BCUT2D eigenvalue weighted by Crippen LogP contribution is -2.42. The molecule has 0 atom stereocenters. The molecule has 0 amide bonds. The highest BCUT2D eigenvalue weighted by atomic mass is 35.5. The molecule has 0 radical (unpaired) electrons. The second kappa shape index (κ2) is 8.03. The molecule has 3 nitrogen and oxygen atoms in total. The van der Waals surface area contributed by atoms with Gasteiger partial charge in [0, 0.05) is 12.1 Å². The predicted octanol–water partition coefficient (Wildman–Crippen LogP) is 4.13. The van der Waals surface area contributed by atoms with E-state index in [2.05, 4.69) is 22.7 Å². The second-order valence-electron chi connectivity index (χ2n) is 4.53. The summed E-state index contributed by atoms with van der Waals surface area (Å²) in [6, 6.07) is 15.3. The zero-order chi connectivity index (χ0) is 15.9. The van der Waals surface area contributed by atoms with E-state index in [4.69, 9.17) is 35.4 Å². The average molecular weight is 352 g/mol. The van der Waals surface area contributed by atoms with Gasteiger partial charge in [-0.05, 0) is 29.9 Å². The Morgan fingerprint density at radius 1 is 1.00 bits per heavy atom. The first-order valence-electron chi connectivity index (χ1n) is 6.54. The molecule has 3 N–H and O–H groups in total. The molecule has 0 aromatic heterocycles. The third kappa shape index (κ3) is 4.91. The number of thiocarbonyl (C=S) groups is 1. The van der Waals surface area contributed by atoms with Crippen LogP contribution in [0.4, 0.5) is 0 Å². The summed E-state index contributed by atoms with van der Waals surface area (Å²) < 4.78 is 0. The summed E-state index contributed by atoms with van der Waals surface area (Å²) in [6.07, 6.45) is 0. The van der Waals surface area contributed by atoms with Gasteiger partial charge in [-0.2, -0.15) is 0 Å². The van der Waals surface area contributed by atoms with Crippen molar-refractivity contribution in [2.45, 2.75) is 6.54 Å². The highest BCUT2D eigenvalue weighted by Gasteiger charge is 2.03. The van der Waals surface area contributed by atoms with Gasteiger partial charge in [0.2, 0.25) is 0 Å². The molecule has 0 heterocycles. The minimum Gasteiger partial charge on any atom is -0.357 e. The fourth-order valence-electron chi connectivity index (χ4n) is 1.71. The molecule has 114 valence electrons. The van der Waals surface area contributed by atoms with Gasteiger partial charge >= 0.3 is 0 Å². The van der Waals surface area contributed by atoms with Crippen LogP contribution in [0, 0.1) is 0 Å². The van der Waals surface area contributed by atoms with Crippen molar-refractivity contribution in [1.29, 1.82) is 0 Å². The van der Waals surface area contributed by atoms with Crippen molar-refractivity contribution in [2.75, 3.05) is 0 Å². The molecular formula is C16H15Cl2N3S. The average Bonchev–Trinajstić information content (AvgIpc) is 2.54. The lowest BCUT2D eigenvalue weighted by Gasteiger charge is -2.14. The first-order valence-corrected chi connectivity index (χ1v) is 7.71. The van der Waals surface area contributed by atoms with Gasteiger partial charge in [-0.3, -0.25) is 10.9 Å². The lowest BCUT2D eigenvalue weighted by atomic mass is 10.2. The van der Waals surface area contributed by atoms with Crippen molar-refractivity contribution in [3.8, 4) is 0 Å². The summed E-state index contributed by atoms with van der Waals surface area (Å²) >= 11 is 17.1. The molecule has 2 aromatic carbocycles. The van der Waals surface area contributed by atoms with Crippen molar-refractivity contribution in [1.82, 2.24) is 16.2 Å². The van der Waals surface area contributed by atoms with Crippen molar-refractivity contribution < 1.29 is 0 Å². The molecule has 2 aromatic rings. The number of hydrogen-bond donors (Lipinski definition) is 3. The Labute approximate surface area is 145 Å². The maximum atomic E-state index is 5.98. The van der Waals surface area contributed by atoms with Crippen LogP contribution in [0.2, 0.25) is 10.0 Å². The Balaban J connectivity index is 1.80. The van der Waals surface area contributed by atoms with Crippen LogP contribution in [0.1, 0.15) is 11.1 Å². The molecule has 0 aliphatic rings. The Morgan fingerprint density at radius 2 is 1.73 bits per heavy atom. The summed E-state index contributed by atoms with van der Waals surface area (Å²) in [5, 5.41) is 4.56. The fourth-order valence-corrected chi connectivity index (χ4v) is 2.13. The summed E-state index contributed by atoms with van der Waals surface area (Å²) in [5.41, 5.74) is 8.43. The third-order valence-corrected chi connectivity index (χ3v) is 3.88. The molecule has 0 spiro atoms. The van der Waals surface area contributed by atoms with E-state index in [1.165, 1.54) is 0 Å². The molecule has 2 rings (SSSR count). The van der Waals surface area contributed by atoms with E-state index < -0.39 is 0 Å².